The van der Waals surface area contributed by atoms with Gasteiger partial charge in [0.2, 0.25) is 18.6 Å². The Morgan fingerprint density at radius 3 is 3.08 bits per heavy atom. The van der Waals surface area contributed by atoms with Gasteiger partial charge < -0.3 is 19.1 Å². The lowest BCUT2D eigenvalue weighted by Gasteiger charge is -2.17. The molecule has 2 aliphatic heterocycles. The van der Waals surface area contributed by atoms with Crippen LogP contribution in [-0.2, 0) is 11.2 Å². The molecule has 25 heavy (non-hydrogen) atoms. The van der Waals surface area contributed by atoms with Gasteiger partial charge in [0.15, 0.2) is 11.5 Å². The van der Waals surface area contributed by atoms with Gasteiger partial charge in [0, 0.05) is 25.2 Å². The zero-order valence-corrected chi connectivity index (χ0v) is 14.0. The molecule has 7 heteroatoms. The van der Waals surface area contributed by atoms with E-state index in [1.165, 1.54) is 0 Å². The standard InChI is InChI=1S/C18H19N3O4/c1-12-19-6-4-17(20-12)25-14-5-7-21(10-14)18(22)9-13-2-3-15-16(8-13)24-11-23-15/h2-4,6,8,14H,5,7,9-11H2,1H3/t14-/m0/s1. The summed E-state index contributed by atoms with van der Waals surface area (Å²) in [7, 11) is 0. The van der Waals surface area contributed by atoms with Gasteiger partial charge in [-0.15, -0.1) is 0 Å². The number of benzene rings is 1. The number of aromatic nitrogens is 2. The van der Waals surface area contributed by atoms with Crippen molar-refractivity contribution >= 4 is 5.91 Å². The topological polar surface area (TPSA) is 73.8 Å². The molecule has 0 bridgehead atoms. The van der Waals surface area contributed by atoms with Crippen LogP contribution >= 0.6 is 0 Å². The van der Waals surface area contributed by atoms with Crippen LogP contribution < -0.4 is 14.2 Å². The molecule has 0 N–H and O–H groups in total. The van der Waals surface area contributed by atoms with Crippen LogP contribution in [0.25, 0.3) is 0 Å². The van der Waals surface area contributed by atoms with Crippen molar-refractivity contribution in [2.75, 3.05) is 19.9 Å². The minimum atomic E-state index is -0.0324. The maximum atomic E-state index is 12.5. The molecule has 2 aliphatic rings. The van der Waals surface area contributed by atoms with Crippen molar-refractivity contribution in [3.05, 3.63) is 41.9 Å². The largest absolute Gasteiger partial charge is 0.472 e. The van der Waals surface area contributed by atoms with Crippen molar-refractivity contribution in [2.24, 2.45) is 0 Å². The smallest absolute Gasteiger partial charge is 0.231 e. The number of ether oxygens (including phenoxy) is 3. The molecule has 7 nitrogen and oxygen atoms in total. The van der Waals surface area contributed by atoms with E-state index in [0.717, 1.165) is 17.7 Å². The number of fused-ring (bicyclic) bond motifs is 1. The van der Waals surface area contributed by atoms with E-state index in [9.17, 15) is 4.79 Å². The number of amides is 1. The molecule has 2 aromatic rings. The molecule has 0 radical (unpaired) electrons. The summed E-state index contributed by atoms with van der Waals surface area (Å²) >= 11 is 0. The van der Waals surface area contributed by atoms with Gasteiger partial charge in [0.25, 0.3) is 0 Å². The van der Waals surface area contributed by atoms with E-state index >= 15 is 0 Å². The molecule has 1 aromatic heterocycles. The van der Waals surface area contributed by atoms with Crippen LogP contribution in [0.5, 0.6) is 17.4 Å². The predicted molar refractivity (Wildman–Crippen MR) is 88.7 cm³/mol. The highest BCUT2D eigenvalue weighted by Crippen LogP contribution is 2.32. The van der Waals surface area contributed by atoms with E-state index in [-0.39, 0.29) is 18.8 Å². The van der Waals surface area contributed by atoms with Crippen LogP contribution in [0.15, 0.2) is 30.5 Å². The molecule has 1 saturated heterocycles. The van der Waals surface area contributed by atoms with Crippen LogP contribution in [0, 0.1) is 6.92 Å². The van der Waals surface area contributed by atoms with Crippen molar-refractivity contribution in [1.29, 1.82) is 0 Å². The maximum absolute atomic E-state index is 12.5. The highest BCUT2D eigenvalue weighted by atomic mass is 16.7. The second-order valence-electron chi connectivity index (χ2n) is 6.17. The Kier molecular flexibility index (Phi) is 4.13. The maximum Gasteiger partial charge on any atom is 0.231 e. The third-order valence-corrected chi connectivity index (χ3v) is 4.33. The van der Waals surface area contributed by atoms with Crippen LogP contribution in [-0.4, -0.2) is 46.8 Å². The molecule has 1 aromatic carbocycles. The fourth-order valence-electron chi connectivity index (χ4n) is 3.06. The van der Waals surface area contributed by atoms with Crippen molar-refractivity contribution in [3.8, 4) is 17.4 Å². The molecular weight excluding hydrogens is 322 g/mol. The summed E-state index contributed by atoms with van der Waals surface area (Å²) in [5.74, 6) is 2.75. The number of nitrogens with zero attached hydrogens (tertiary/aromatic N) is 3. The number of hydrogen-bond donors (Lipinski definition) is 0. The van der Waals surface area contributed by atoms with Gasteiger partial charge in [-0.3, -0.25) is 4.79 Å². The molecule has 0 saturated carbocycles. The van der Waals surface area contributed by atoms with Crippen molar-refractivity contribution < 1.29 is 19.0 Å². The van der Waals surface area contributed by atoms with Crippen molar-refractivity contribution in [2.45, 2.75) is 25.9 Å². The molecule has 1 atom stereocenters. The van der Waals surface area contributed by atoms with E-state index in [0.29, 0.717) is 37.0 Å². The van der Waals surface area contributed by atoms with E-state index in [1.807, 2.05) is 30.0 Å². The monoisotopic (exact) mass is 341 g/mol. The highest BCUT2D eigenvalue weighted by Gasteiger charge is 2.28. The summed E-state index contributed by atoms with van der Waals surface area (Å²) < 4.78 is 16.5. The van der Waals surface area contributed by atoms with Gasteiger partial charge in [-0.05, 0) is 24.6 Å². The van der Waals surface area contributed by atoms with E-state index in [4.69, 9.17) is 14.2 Å². The van der Waals surface area contributed by atoms with Crippen molar-refractivity contribution in [3.63, 3.8) is 0 Å². The number of carbonyl (C=O) groups excluding carboxylic acids is 1. The second-order valence-corrected chi connectivity index (χ2v) is 6.17. The van der Waals surface area contributed by atoms with Crippen LogP contribution in [0.4, 0.5) is 0 Å². The Labute approximate surface area is 145 Å². The first-order chi connectivity index (χ1) is 12.2. The SMILES string of the molecule is Cc1nccc(O[C@H]2CCN(C(=O)Cc3ccc4c(c3)OCO4)C2)n1. The summed E-state index contributed by atoms with van der Waals surface area (Å²) in [6, 6.07) is 7.36. The average Bonchev–Trinajstić information content (AvgIpc) is 3.23. The number of hydrogen-bond acceptors (Lipinski definition) is 6. The summed E-state index contributed by atoms with van der Waals surface area (Å²) in [6.45, 7) is 3.33. The number of rotatable bonds is 4. The second kappa shape index (κ2) is 6.58. The fraction of sp³-hybridized carbons (Fsp3) is 0.389. The van der Waals surface area contributed by atoms with Crippen molar-refractivity contribution in [1.82, 2.24) is 14.9 Å². The number of likely N-dealkylation sites (tertiary alicyclic amines) is 1. The minimum Gasteiger partial charge on any atom is -0.472 e. The Balaban J connectivity index is 1.34. The summed E-state index contributed by atoms with van der Waals surface area (Å²) in [5, 5.41) is 0. The van der Waals surface area contributed by atoms with Gasteiger partial charge in [-0.2, -0.15) is 4.98 Å². The Morgan fingerprint density at radius 2 is 2.20 bits per heavy atom. The molecule has 130 valence electrons. The Bertz CT molecular complexity index is 796. The number of carbonyl (C=O) groups is 1. The van der Waals surface area contributed by atoms with Gasteiger partial charge in [-0.1, -0.05) is 6.07 Å². The Morgan fingerprint density at radius 1 is 1.32 bits per heavy atom. The summed E-state index contributed by atoms with van der Waals surface area (Å²) in [4.78, 5) is 22.7. The van der Waals surface area contributed by atoms with E-state index < -0.39 is 0 Å². The van der Waals surface area contributed by atoms with Gasteiger partial charge in [0.1, 0.15) is 11.9 Å². The normalized spacial score (nSPS) is 18.4. The first-order valence-corrected chi connectivity index (χ1v) is 8.30. The number of aryl methyl sites for hydroxylation is 1. The average molecular weight is 341 g/mol. The molecule has 1 fully saturated rings. The first-order valence-electron chi connectivity index (χ1n) is 8.30. The van der Waals surface area contributed by atoms with Crippen LogP contribution in [0.2, 0.25) is 0 Å². The molecule has 0 unspecified atom stereocenters. The molecule has 3 heterocycles. The predicted octanol–water partition coefficient (Wildman–Crippen LogP) is 1.74. The Hall–Kier alpha value is -2.83. The lowest BCUT2D eigenvalue weighted by atomic mass is 10.1. The quantitative estimate of drug-likeness (QED) is 0.843. The molecule has 0 spiro atoms. The van der Waals surface area contributed by atoms with Gasteiger partial charge >= 0.3 is 0 Å². The van der Waals surface area contributed by atoms with Gasteiger partial charge in [0.05, 0.1) is 13.0 Å². The first kappa shape index (κ1) is 15.7. The van der Waals surface area contributed by atoms with E-state index in [1.54, 1.807) is 12.3 Å². The molecule has 4 rings (SSSR count). The van der Waals surface area contributed by atoms with E-state index in [2.05, 4.69) is 9.97 Å². The minimum absolute atomic E-state index is 0.0324. The zero-order chi connectivity index (χ0) is 17.2. The molecule has 1 amide bonds. The molecule has 0 aliphatic carbocycles. The van der Waals surface area contributed by atoms with Crippen LogP contribution in [0.3, 0.4) is 0 Å². The zero-order valence-electron chi connectivity index (χ0n) is 14.0. The summed E-state index contributed by atoms with van der Waals surface area (Å²) in [5.41, 5.74) is 0.921. The van der Waals surface area contributed by atoms with Gasteiger partial charge in [-0.25, -0.2) is 4.98 Å². The third kappa shape index (κ3) is 3.50. The lowest BCUT2D eigenvalue weighted by molar-refractivity contribution is -0.129. The fourth-order valence-corrected chi connectivity index (χ4v) is 3.06. The third-order valence-electron chi connectivity index (χ3n) is 4.33. The summed E-state index contributed by atoms with van der Waals surface area (Å²) in [6.07, 6.45) is 2.79. The van der Waals surface area contributed by atoms with Crippen LogP contribution in [0.1, 0.15) is 17.8 Å². The molecular formula is C18H19N3O4. The lowest BCUT2D eigenvalue weighted by Crippen LogP contribution is -2.32. The highest BCUT2D eigenvalue weighted by molar-refractivity contribution is 5.79.